The number of carbonyl (C=O) groups is 2. The second-order valence-electron chi connectivity index (χ2n) is 8.06. The standard InChI is InChI=1S/C21H30N2O5S/c1-15-8-3-4-11-19(15)22-20(24)16(2)28-21(25)17-9-7-10-18(14-17)29(26,27)23-12-5-6-13-23/h7,9-10,14-16,19H,3-6,8,11-13H2,1-2H3,(H,22,24)/t15-,16+,19+/m0/s1. The number of esters is 1. The van der Waals surface area contributed by atoms with Gasteiger partial charge in [0.2, 0.25) is 10.0 Å². The molecular weight excluding hydrogens is 392 g/mol. The maximum absolute atomic E-state index is 12.7. The van der Waals surface area contributed by atoms with Crippen LogP contribution in [0.1, 0.15) is 62.7 Å². The lowest BCUT2D eigenvalue weighted by molar-refractivity contribution is -0.130. The summed E-state index contributed by atoms with van der Waals surface area (Å²) in [6.07, 6.45) is 5.01. The zero-order chi connectivity index (χ0) is 21.0. The number of rotatable bonds is 6. The fourth-order valence-corrected chi connectivity index (χ4v) is 5.54. The van der Waals surface area contributed by atoms with E-state index >= 15 is 0 Å². The van der Waals surface area contributed by atoms with Crippen LogP contribution < -0.4 is 5.32 Å². The molecule has 0 unspecified atom stereocenters. The van der Waals surface area contributed by atoms with Crippen molar-refractivity contribution in [2.24, 2.45) is 5.92 Å². The molecular formula is C21H30N2O5S. The number of sulfonamides is 1. The lowest BCUT2D eigenvalue weighted by atomic mass is 9.86. The van der Waals surface area contributed by atoms with Crippen LogP contribution in [0.4, 0.5) is 0 Å². The van der Waals surface area contributed by atoms with Gasteiger partial charge in [0.25, 0.3) is 5.91 Å². The second-order valence-corrected chi connectivity index (χ2v) is 10.0. The average Bonchev–Trinajstić information content (AvgIpc) is 3.25. The molecule has 1 saturated heterocycles. The van der Waals surface area contributed by atoms with Gasteiger partial charge in [-0.05, 0) is 56.7 Å². The number of carbonyl (C=O) groups excluding carboxylic acids is 2. The summed E-state index contributed by atoms with van der Waals surface area (Å²) in [5, 5.41) is 2.98. The molecule has 0 bridgehead atoms. The topological polar surface area (TPSA) is 92.8 Å². The van der Waals surface area contributed by atoms with Crippen molar-refractivity contribution in [2.75, 3.05) is 13.1 Å². The Morgan fingerprint density at radius 3 is 2.52 bits per heavy atom. The molecule has 8 heteroatoms. The van der Waals surface area contributed by atoms with Gasteiger partial charge in [-0.15, -0.1) is 0 Å². The molecule has 1 amide bonds. The smallest absolute Gasteiger partial charge is 0.338 e. The molecule has 1 heterocycles. The number of amides is 1. The van der Waals surface area contributed by atoms with Crippen molar-refractivity contribution >= 4 is 21.9 Å². The maximum Gasteiger partial charge on any atom is 0.338 e. The highest BCUT2D eigenvalue weighted by Crippen LogP contribution is 2.24. The van der Waals surface area contributed by atoms with Crippen LogP contribution in [0, 0.1) is 5.92 Å². The largest absolute Gasteiger partial charge is 0.449 e. The molecule has 1 aromatic carbocycles. The van der Waals surface area contributed by atoms with E-state index in [0.29, 0.717) is 19.0 Å². The second kappa shape index (κ2) is 9.26. The Morgan fingerprint density at radius 1 is 1.14 bits per heavy atom. The molecule has 1 N–H and O–H groups in total. The van der Waals surface area contributed by atoms with Gasteiger partial charge in [-0.1, -0.05) is 25.8 Å². The molecule has 1 saturated carbocycles. The van der Waals surface area contributed by atoms with Crippen LogP contribution in [0.3, 0.4) is 0 Å². The van der Waals surface area contributed by atoms with Gasteiger partial charge in [0.05, 0.1) is 10.5 Å². The average molecular weight is 423 g/mol. The zero-order valence-electron chi connectivity index (χ0n) is 17.1. The molecule has 1 aliphatic carbocycles. The van der Waals surface area contributed by atoms with Gasteiger partial charge in [-0.3, -0.25) is 4.79 Å². The van der Waals surface area contributed by atoms with Crippen LogP contribution in [0.2, 0.25) is 0 Å². The van der Waals surface area contributed by atoms with Gasteiger partial charge in [-0.2, -0.15) is 4.31 Å². The summed E-state index contributed by atoms with van der Waals surface area (Å²) >= 11 is 0. The molecule has 1 aromatic rings. The van der Waals surface area contributed by atoms with Gasteiger partial charge in [-0.25, -0.2) is 13.2 Å². The van der Waals surface area contributed by atoms with Crippen molar-refractivity contribution < 1.29 is 22.7 Å². The maximum atomic E-state index is 12.7. The van der Waals surface area contributed by atoms with Crippen molar-refractivity contribution in [3.8, 4) is 0 Å². The summed E-state index contributed by atoms with van der Waals surface area (Å²) in [6, 6.07) is 5.92. The Kier molecular flexibility index (Phi) is 6.95. The zero-order valence-corrected chi connectivity index (χ0v) is 17.9. The van der Waals surface area contributed by atoms with E-state index in [4.69, 9.17) is 4.74 Å². The number of ether oxygens (including phenoxy) is 1. The Morgan fingerprint density at radius 2 is 1.83 bits per heavy atom. The van der Waals surface area contributed by atoms with Crippen LogP contribution >= 0.6 is 0 Å². The molecule has 3 rings (SSSR count). The number of benzene rings is 1. The summed E-state index contributed by atoms with van der Waals surface area (Å²) < 4.78 is 32.1. The van der Waals surface area contributed by atoms with E-state index in [1.165, 1.54) is 41.9 Å². The van der Waals surface area contributed by atoms with Crippen LogP contribution in [0.25, 0.3) is 0 Å². The van der Waals surface area contributed by atoms with Gasteiger partial charge in [0, 0.05) is 19.1 Å². The number of hydrogen-bond donors (Lipinski definition) is 1. The van der Waals surface area contributed by atoms with Crippen molar-refractivity contribution in [3.05, 3.63) is 29.8 Å². The highest BCUT2D eigenvalue weighted by Gasteiger charge is 2.29. The third kappa shape index (κ3) is 5.17. The summed E-state index contributed by atoms with van der Waals surface area (Å²) in [5.41, 5.74) is 0.121. The number of nitrogens with zero attached hydrogens (tertiary/aromatic N) is 1. The van der Waals surface area contributed by atoms with Crippen LogP contribution in [0.5, 0.6) is 0 Å². The van der Waals surface area contributed by atoms with Gasteiger partial charge in [0.15, 0.2) is 6.10 Å². The normalized spacial score (nSPS) is 24.1. The van der Waals surface area contributed by atoms with Gasteiger partial charge >= 0.3 is 5.97 Å². The first kappa shape index (κ1) is 21.8. The first-order valence-corrected chi connectivity index (χ1v) is 11.8. The molecule has 7 nitrogen and oxygen atoms in total. The third-order valence-electron chi connectivity index (χ3n) is 5.86. The van der Waals surface area contributed by atoms with E-state index in [-0.39, 0.29) is 22.4 Å². The van der Waals surface area contributed by atoms with Crippen LogP contribution in [-0.2, 0) is 19.6 Å². The molecule has 160 valence electrons. The van der Waals surface area contributed by atoms with E-state index in [2.05, 4.69) is 12.2 Å². The summed E-state index contributed by atoms with van der Waals surface area (Å²) in [7, 11) is -3.62. The molecule has 0 spiro atoms. The molecule has 29 heavy (non-hydrogen) atoms. The quantitative estimate of drug-likeness (QED) is 0.712. The summed E-state index contributed by atoms with van der Waals surface area (Å²) in [4.78, 5) is 25.0. The number of hydrogen-bond acceptors (Lipinski definition) is 5. The first-order chi connectivity index (χ1) is 13.8. The lowest BCUT2D eigenvalue weighted by Gasteiger charge is -2.30. The van der Waals surface area contributed by atoms with Crippen molar-refractivity contribution in [2.45, 2.75) is 69.4 Å². The Hall–Kier alpha value is -1.93. The molecule has 2 aliphatic rings. The molecule has 0 radical (unpaired) electrons. The molecule has 2 fully saturated rings. The monoisotopic (exact) mass is 422 g/mol. The van der Waals surface area contributed by atoms with Crippen molar-refractivity contribution in [1.29, 1.82) is 0 Å². The third-order valence-corrected chi connectivity index (χ3v) is 7.76. The number of nitrogens with one attached hydrogen (secondary N) is 1. The minimum atomic E-state index is -3.62. The van der Waals surface area contributed by atoms with Crippen LogP contribution in [-0.4, -0.2) is 49.8 Å². The highest BCUT2D eigenvalue weighted by molar-refractivity contribution is 7.89. The first-order valence-electron chi connectivity index (χ1n) is 10.4. The Balaban J connectivity index is 1.63. The predicted octanol–water partition coefficient (Wildman–Crippen LogP) is 2.71. The molecule has 1 aliphatic heterocycles. The van der Waals surface area contributed by atoms with E-state index in [9.17, 15) is 18.0 Å². The lowest BCUT2D eigenvalue weighted by Crippen LogP contribution is -2.46. The van der Waals surface area contributed by atoms with Crippen LogP contribution in [0.15, 0.2) is 29.2 Å². The van der Waals surface area contributed by atoms with E-state index in [1.54, 1.807) is 0 Å². The summed E-state index contributed by atoms with van der Waals surface area (Å²) in [6.45, 7) is 4.64. The summed E-state index contributed by atoms with van der Waals surface area (Å²) in [5.74, 6) is -0.621. The van der Waals surface area contributed by atoms with E-state index < -0.39 is 22.1 Å². The highest BCUT2D eigenvalue weighted by atomic mass is 32.2. The molecule has 3 atom stereocenters. The fourth-order valence-electron chi connectivity index (χ4n) is 3.97. The minimum Gasteiger partial charge on any atom is -0.449 e. The molecule has 0 aromatic heterocycles. The van der Waals surface area contributed by atoms with Crippen molar-refractivity contribution in [3.63, 3.8) is 0 Å². The SMILES string of the molecule is C[C@@H](OC(=O)c1cccc(S(=O)(=O)N2CCCC2)c1)C(=O)N[C@@H]1CCCC[C@@H]1C. The van der Waals surface area contributed by atoms with E-state index in [1.807, 2.05) is 0 Å². The van der Waals surface area contributed by atoms with Crippen molar-refractivity contribution in [1.82, 2.24) is 9.62 Å². The Bertz CT molecular complexity index is 848. The van der Waals surface area contributed by atoms with Gasteiger partial charge < -0.3 is 10.1 Å². The van der Waals surface area contributed by atoms with Gasteiger partial charge in [0.1, 0.15) is 0 Å². The van der Waals surface area contributed by atoms with E-state index in [0.717, 1.165) is 32.1 Å². The Labute approximate surface area is 172 Å². The predicted molar refractivity (Wildman–Crippen MR) is 109 cm³/mol. The minimum absolute atomic E-state index is 0.0713. The fraction of sp³-hybridized carbons (Fsp3) is 0.619.